The molecule has 1 unspecified atom stereocenters. The molecule has 2 rings (SSSR count). The van der Waals surface area contributed by atoms with Gasteiger partial charge in [-0.3, -0.25) is 0 Å². The Labute approximate surface area is 162 Å². The van der Waals surface area contributed by atoms with Crippen LogP contribution < -0.4 is 0 Å². The fourth-order valence-electron chi connectivity index (χ4n) is 2.56. The van der Waals surface area contributed by atoms with E-state index in [1.54, 1.807) is 48.5 Å². The zero-order valence-corrected chi connectivity index (χ0v) is 15.2. The minimum absolute atomic E-state index is 0.196. The number of aliphatic carboxylic acids is 1. The van der Waals surface area contributed by atoms with Gasteiger partial charge in [-0.25, -0.2) is 9.59 Å². The zero-order chi connectivity index (χ0) is 20.5. The predicted molar refractivity (Wildman–Crippen MR) is 103 cm³/mol. The van der Waals surface area contributed by atoms with Crippen molar-refractivity contribution in [1.29, 1.82) is 5.26 Å². The van der Waals surface area contributed by atoms with Gasteiger partial charge in [-0.05, 0) is 18.1 Å². The van der Waals surface area contributed by atoms with Crippen molar-refractivity contribution in [1.82, 2.24) is 0 Å². The summed E-state index contributed by atoms with van der Waals surface area (Å²) in [4.78, 5) is 23.8. The van der Waals surface area contributed by atoms with Crippen molar-refractivity contribution < 1.29 is 24.5 Å². The maximum Gasteiger partial charge on any atom is 0.354 e. The van der Waals surface area contributed by atoms with Gasteiger partial charge in [-0.1, -0.05) is 60.7 Å². The number of hydrogen-bond donors (Lipinski definition) is 2. The van der Waals surface area contributed by atoms with Crippen LogP contribution >= 0.6 is 0 Å². The Kier molecular flexibility index (Phi) is 7.26. The molecule has 0 spiro atoms. The molecule has 0 saturated heterocycles. The largest absolute Gasteiger partial charge is 0.478 e. The first-order chi connectivity index (χ1) is 13.4. The van der Waals surface area contributed by atoms with Crippen LogP contribution in [0.5, 0.6) is 0 Å². The Hall–Kier alpha value is -3.69. The molecule has 6 heteroatoms. The quantitative estimate of drug-likeness (QED) is 0.332. The van der Waals surface area contributed by atoms with E-state index in [0.29, 0.717) is 16.7 Å². The molecule has 2 aromatic carbocycles. The average Bonchev–Trinajstić information content (AvgIpc) is 2.69. The van der Waals surface area contributed by atoms with Gasteiger partial charge in [0.1, 0.15) is 17.9 Å². The molecular formula is C22H19NO5. The van der Waals surface area contributed by atoms with Crippen LogP contribution in [0, 0.1) is 11.3 Å². The van der Waals surface area contributed by atoms with Gasteiger partial charge in [0.05, 0.1) is 11.7 Å². The summed E-state index contributed by atoms with van der Waals surface area (Å²) in [6, 6.07) is 19.7. The second-order valence-electron chi connectivity index (χ2n) is 6.00. The number of ether oxygens (including phenoxy) is 1. The van der Waals surface area contributed by atoms with E-state index in [2.05, 4.69) is 0 Å². The number of nitriles is 1. The standard InChI is InChI=1S/C22H19NO5/c1-15(24)12-18(21(25)26)14-28-22(27)19(13-23)20(16-8-4-2-5-9-16)17-10-6-3-7-11-17/h2-11,14-15,24H,12H2,1H3,(H,25,26). The van der Waals surface area contributed by atoms with Crippen molar-refractivity contribution in [3.63, 3.8) is 0 Å². The Morgan fingerprint density at radius 3 is 1.96 bits per heavy atom. The maximum absolute atomic E-state index is 12.6. The number of carboxylic acids is 1. The van der Waals surface area contributed by atoms with Crippen molar-refractivity contribution in [2.75, 3.05) is 0 Å². The Bertz CT molecular complexity index is 896. The summed E-state index contributed by atoms with van der Waals surface area (Å²) < 4.78 is 4.97. The van der Waals surface area contributed by atoms with Crippen LogP contribution in [0.2, 0.25) is 0 Å². The van der Waals surface area contributed by atoms with Crippen LogP contribution in [0.4, 0.5) is 0 Å². The third kappa shape index (κ3) is 5.40. The second kappa shape index (κ2) is 9.86. The van der Waals surface area contributed by atoms with Crippen molar-refractivity contribution in [3.8, 4) is 6.07 Å². The number of esters is 1. The monoisotopic (exact) mass is 377 g/mol. The summed E-state index contributed by atoms with van der Waals surface area (Å²) in [6.07, 6.45) is -0.350. The lowest BCUT2D eigenvalue weighted by molar-refractivity contribution is -0.134. The van der Waals surface area contributed by atoms with Crippen molar-refractivity contribution in [2.45, 2.75) is 19.4 Å². The van der Waals surface area contributed by atoms with Crippen LogP contribution in [0.1, 0.15) is 24.5 Å². The molecule has 28 heavy (non-hydrogen) atoms. The molecule has 0 aliphatic rings. The lowest BCUT2D eigenvalue weighted by atomic mass is 9.93. The Morgan fingerprint density at radius 1 is 1.07 bits per heavy atom. The van der Waals surface area contributed by atoms with Gasteiger partial charge in [-0.15, -0.1) is 0 Å². The minimum Gasteiger partial charge on any atom is -0.478 e. The SMILES string of the molecule is CC(O)CC(=COC(=O)C(C#N)=C(c1ccccc1)c1ccccc1)C(=O)O. The molecule has 0 bridgehead atoms. The van der Waals surface area contributed by atoms with Crippen molar-refractivity contribution in [3.05, 3.63) is 89.2 Å². The Morgan fingerprint density at radius 2 is 1.57 bits per heavy atom. The highest BCUT2D eigenvalue weighted by atomic mass is 16.5. The van der Waals surface area contributed by atoms with Gasteiger partial charge < -0.3 is 14.9 Å². The van der Waals surface area contributed by atoms with E-state index < -0.39 is 18.0 Å². The first-order valence-corrected chi connectivity index (χ1v) is 8.50. The second-order valence-corrected chi connectivity index (χ2v) is 6.00. The zero-order valence-electron chi connectivity index (χ0n) is 15.2. The maximum atomic E-state index is 12.6. The molecule has 142 valence electrons. The van der Waals surface area contributed by atoms with Gasteiger partial charge >= 0.3 is 11.9 Å². The normalized spacial score (nSPS) is 11.8. The minimum atomic E-state index is -1.32. The third-order valence-electron chi connectivity index (χ3n) is 3.79. The molecule has 0 heterocycles. The summed E-state index contributed by atoms with van der Waals surface area (Å²) in [7, 11) is 0. The number of aliphatic hydroxyl groups excluding tert-OH is 1. The van der Waals surface area contributed by atoms with Crippen LogP contribution in [-0.2, 0) is 14.3 Å². The molecule has 2 N–H and O–H groups in total. The highest BCUT2D eigenvalue weighted by Gasteiger charge is 2.20. The van der Waals surface area contributed by atoms with Crippen LogP contribution in [0.25, 0.3) is 5.57 Å². The molecule has 0 aromatic heterocycles. The predicted octanol–water partition coefficient (Wildman–Crippen LogP) is 3.29. The summed E-state index contributed by atoms with van der Waals surface area (Å²) in [6.45, 7) is 1.42. The number of aliphatic hydroxyl groups is 1. The summed E-state index contributed by atoms with van der Waals surface area (Å²) >= 11 is 0. The number of nitrogens with zero attached hydrogens (tertiary/aromatic N) is 1. The summed E-state index contributed by atoms with van der Waals surface area (Å²) in [5, 5.41) is 28.1. The Balaban J connectivity index is 2.50. The number of hydrogen-bond acceptors (Lipinski definition) is 5. The summed E-state index contributed by atoms with van der Waals surface area (Å²) in [5.74, 6) is -2.29. The summed E-state index contributed by atoms with van der Waals surface area (Å²) in [5.41, 5.74) is 1.15. The van der Waals surface area contributed by atoms with Gasteiger partial charge in [0.15, 0.2) is 0 Å². The molecule has 0 fully saturated rings. The van der Waals surface area contributed by atoms with E-state index in [1.807, 2.05) is 18.2 Å². The smallest absolute Gasteiger partial charge is 0.354 e. The van der Waals surface area contributed by atoms with E-state index in [4.69, 9.17) is 9.84 Å². The molecule has 6 nitrogen and oxygen atoms in total. The fourth-order valence-corrected chi connectivity index (χ4v) is 2.56. The lowest BCUT2D eigenvalue weighted by Crippen LogP contribution is -2.12. The van der Waals surface area contributed by atoms with Crippen LogP contribution in [0.15, 0.2) is 78.1 Å². The number of rotatable bonds is 7. The first kappa shape index (κ1) is 20.6. The van der Waals surface area contributed by atoms with Crippen molar-refractivity contribution in [2.24, 2.45) is 0 Å². The van der Waals surface area contributed by atoms with E-state index in [1.165, 1.54) is 6.92 Å². The number of carbonyl (C=O) groups excluding carboxylic acids is 1. The van der Waals surface area contributed by atoms with Crippen LogP contribution in [0.3, 0.4) is 0 Å². The third-order valence-corrected chi connectivity index (χ3v) is 3.79. The molecule has 1 atom stereocenters. The molecule has 0 aliphatic heterocycles. The molecule has 0 amide bonds. The highest BCUT2D eigenvalue weighted by Crippen LogP contribution is 2.27. The van der Waals surface area contributed by atoms with Gasteiger partial charge in [0, 0.05) is 12.0 Å². The van der Waals surface area contributed by atoms with Gasteiger partial charge in [0.25, 0.3) is 0 Å². The van der Waals surface area contributed by atoms with E-state index >= 15 is 0 Å². The van der Waals surface area contributed by atoms with E-state index in [9.17, 15) is 20.0 Å². The average molecular weight is 377 g/mol. The number of carbonyl (C=O) groups is 2. The van der Waals surface area contributed by atoms with Gasteiger partial charge in [0.2, 0.25) is 0 Å². The topological polar surface area (TPSA) is 108 Å². The number of benzene rings is 2. The molecule has 0 saturated carbocycles. The van der Waals surface area contributed by atoms with Crippen molar-refractivity contribution >= 4 is 17.5 Å². The van der Waals surface area contributed by atoms with E-state index in [0.717, 1.165) is 6.26 Å². The molecular weight excluding hydrogens is 358 g/mol. The number of carboxylic acid groups (broad SMARTS) is 1. The van der Waals surface area contributed by atoms with Gasteiger partial charge in [-0.2, -0.15) is 5.26 Å². The van der Waals surface area contributed by atoms with E-state index in [-0.39, 0.29) is 17.6 Å². The molecule has 0 radical (unpaired) electrons. The highest BCUT2D eigenvalue weighted by molar-refractivity contribution is 6.05. The molecule has 2 aromatic rings. The first-order valence-electron chi connectivity index (χ1n) is 8.50. The molecule has 0 aliphatic carbocycles. The van der Waals surface area contributed by atoms with Crippen LogP contribution in [-0.4, -0.2) is 28.3 Å². The fraction of sp³-hybridized carbons (Fsp3) is 0.136. The lowest BCUT2D eigenvalue weighted by Gasteiger charge is -2.11.